The molecule has 1 atom stereocenters. The van der Waals surface area contributed by atoms with Gasteiger partial charge in [-0.2, -0.15) is 0 Å². The van der Waals surface area contributed by atoms with E-state index in [0.29, 0.717) is 0 Å². The molecule has 1 aromatic rings. The SMILES string of the molecule is Cc1ccc(N2CCC(C)C2)c(CCN)c1. The molecule has 0 aromatic heterocycles. The third-order valence-corrected chi connectivity index (χ3v) is 3.41. The third-order valence-electron chi connectivity index (χ3n) is 3.41. The molecule has 2 N–H and O–H groups in total. The van der Waals surface area contributed by atoms with Crippen molar-refractivity contribution in [3.63, 3.8) is 0 Å². The van der Waals surface area contributed by atoms with E-state index >= 15 is 0 Å². The van der Waals surface area contributed by atoms with Crippen LogP contribution >= 0.6 is 0 Å². The first-order chi connectivity index (χ1) is 7.70. The van der Waals surface area contributed by atoms with Gasteiger partial charge in [-0.1, -0.05) is 24.6 Å². The fraction of sp³-hybridized carbons (Fsp3) is 0.571. The first kappa shape index (κ1) is 11.5. The van der Waals surface area contributed by atoms with Gasteiger partial charge in [0, 0.05) is 18.8 Å². The van der Waals surface area contributed by atoms with Crippen LogP contribution in [0, 0.1) is 12.8 Å². The molecule has 2 rings (SSSR count). The Labute approximate surface area is 98.4 Å². The van der Waals surface area contributed by atoms with Crippen LogP contribution in [0.1, 0.15) is 24.5 Å². The van der Waals surface area contributed by atoms with E-state index in [1.54, 1.807) is 0 Å². The van der Waals surface area contributed by atoms with Gasteiger partial charge in [-0.05, 0) is 43.9 Å². The van der Waals surface area contributed by atoms with Crippen molar-refractivity contribution >= 4 is 5.69 Å². The Morgan fingerprint density at radius 1 is 1.44 bits per heavy atom. The van der Waals surface area contributed by atoms with Crippen LogP contribution in [0.4, 0.5) is 5.69 Å². The normalized spacial score (nSPS) is 20.4. The molecule has 0 amide bonds. The number of hydrogen-bond acceptors (Lipinski definition) is 2. The second-order valence-electron chi connectivity index (χ2n) is 5.01. The highest BCUT2D eigenvalue weighted by Gasteiger charge is 2.20. The number of aryl methyl sites for hydroxylation is 1. The molecule has 0 aliphatic carbocycles. The summed E-state index contributed by atoms with van der Waals surface area (Å²) < 4.78 is 0. The zero-order valence-electron chi connectivity index (χ0n) is 10.4. The molecule has 16 heavy (non-hydrogen) atoms. The lowest BCUT2D eigenvalue weighted by Crippen LogP contribution is -2.21. The van der Waals surface area contributed by atoms with Crippen molar-refractivity contribution < 1.29 is 0 Å². The molecular weight excluding hydrogens is 196 g/mol. The number of hydrogen-bond donors (Lipinski definition) is 1. The van der Waals surface area contributed by atoms with Crippen molar-refractivity contribution in [2.75, 3.05) is 24.5 Å². The van der Waals surface area contributed by atoms with Crippen LogP contribution in [0.25, 0.3) is 0 Å². The van der Waals surface area contributed by atoms with Gasteiger partial charge in [0.15, 0.2) is 0 Å². The monoisotopic (exact) mass is 218 g/mol. The topological polar surface area (TPSA) is 29.3 Å². The molecule has 0 radical (unpaired) electrons. The van der Waals surface area contributed by atoms with Gasteiger partial charge in [0.25, 0.3) is 0 Å². The lowest BCUT2D eigenvalue weighted by Gasteiger charge is -2.22. The second kappa shape index (κ2) is 4.88. The van der Waals surface area contributed by atoms with Crippen LogP contribution in [0.5, 0.6) is 0 Å². The fourth-order valence-electron chi connectivity index (χ4n) is 2.53. The average molecular weight is 218 g/mol. The number of anilines is 1. The number of nitrogens with two attached hydrogens (primary N) is 1. The van der Waals surface area contributed by atoms with Crippen LogP contribution in [-0.4, -0.2) is 19.6 Å². The first-order valence-corrected chi connectivity index (χ1v) is 6.25. The Morgan fingerprint density at radius 3 is 2.88 bits per heavy atom. The summed E-state index contributed by atoms with van der Waals surface area (Å²) in [6, 6.07) is 6.75. The van der Waals surface area contributed by atoms with E-state index in [1.165, 1.54) is 36.3 Å². The largest absolute Gasteiger partial charge is 0.371 e. The minimum absolute atomic E-state index is 0.736. The highest BCUT2D eigenvalue weighted by molar-refractivity contribution is 5.55. The second-order valence-corrected chi connectivity index (χ2v) is 5.01. The standard InChI is InChI=1S/C14H22N2/c1-11-3-4-14(13(9-11)5-7-15)16-8-6-12(2)10-16/h3-4,9,12H,5-8,10,15H2,1-2H3. The van der Waals surface area contributed by atoms with Crippen LogP contribution in [0.3, 0.4) is 0 Å². The molecule has 0 spiro atoms. The Bertz CT molecular complexity index is 360. The number of nitrogens with zero attached hydrogens (tertiary/aromatic N) is 1. The minimum atomic E-state index is 0.736. The number of rotatable bonds is 3. The molecule has 1 aliphatic rings. The van der Waals surface area contributed by atoms with Gasteiger partial charge in [-0.3, -0.25) is 0 Å². The maximum atomic E-state index is 5.69. The molecular formula is C14H22N2. The van der Waals surface area contributed by atoms with Crippen molar-refractivity contribution in [1.29, 1.82) is 0 Å². The predicted molar refractivity (Wildman–Crippen MR) is 69.9 cm³/mol. The van der Waals surface area contributed by atoms with Gasteiger partial charge in [-0.25, -0.2) is 0 Å². The molecule has 88 valence electrons. The van der Waals surface area contributed by atoms with Crippen molar-refractivity contribution in [2.24, 2.45) is 11.7 Å². The summed E-state index contributed by atoms with van der Waals surface area (Å²) in [6.07, 6.45) is 2.30. The maximum absolute atomic E-state index is 5.69. The smallest absolute Gasteiger partial charge is 0.0399 e. The molecule has 1 aromatic carbocycles. The summed E-state index contributed by atoms with van der Waals surface area (Å²) in [5.41, 5.74) is 9.84. The van der Waals surface area contributed by atoms with E-state index in [2.05, 4.69) is 36.9 Å². The molecule has 1 heterocycles. The Hall–Kier alpha value is -1.02. The summed E-state index contributed by atoms with van der Waals surface area (Å²) in [6.45, 7) is 7.61. The van der Waals surface area contributed by atoms with Crippen LogP contribution < -0.4 is 10.6 Å². The molecule has 0 saturated carbocycles. The van der Waals surface area contributed by atoms with Gasteiger partial charge in [-0.15, -0.1) is 0 Å². The fourth-order valence-corrected chi connectivity index (χ4v) is 2.53. The molecule has 1 aliphatic heterocycles. The van der Waals surface area contributed by atoms with E-state index in [9.17, 15) is 0 Å². The zero-order chi connectivity index (χ0) is 11.5. The first-order valence-electron chi connectivity index (χ1n) is 6.25. The van der Waals surface area contributed by atoms with E-state index < -0.39 is 0 Å². The quantitative estimate of drug-likeness (QED) is 0.843. The van der Waals surface area contributed by atoms with Crippen molar-refractivity contribution in [2.45, 2.75) is 26.7 Å². The van der Waals surface area contributed by atoms with Gasteiger partial charge < -0.3 is 10.6 Å². The molecule has 0 bridgehead atoms. The van der Waals surface area contributed by atoms with Crippen LogP contribution in [0.15, 0.2) is 18.2 Å². The molecule has 1 saturated heterocycles. The van der Waals surface area contributed by atoms with Gasteiger partial charge in [0.2, 0.25) is 0 Å². The van der Waals surface area contributed by atoms with E-state index in [-0.39, 0.29) is 0 Å². The molecule has 2 nitrogen and oxygen atoms in total. The summed E-state index contributed by atoms with van der Waals surface area (Å²) in [5, 5.41) is 0. The zero-order valence-corrected chi connectivity index (χ0v) is 10.4. The van der Waals surface area contributed by atoms with Gasteiger partial charge >= 0.3 is 0 Å². The predicted octanol–water partition coefficient (Wildman–Crippen LogP) is 2.34. The summed E-state index contributed by atoms with van der Waals surface area (Å²) in [7, 11) is 0. The Kier molecular flexibility index (Phi) is 3.49. The molecule has 1 unspecified atom stereocenters. The summed E-state index contributed by atoms with van der Waals surface area (Å²) in [5.74, 6) is 0.826. The lowest BCUT2D eigenvalue weighted by atomic mass is 10.1. The van der Waals surface area contributed by atoms with Crippen LogP contribution in [0.2, 0.25) is 0 Å². The van der Waals surface area contributed by atoms with Gasteiger partial charge in [0.05, 0.1) is 0 Å². The van der Waals surface area contributed by atoms with Crippen LogP contribution in [-0.2, 0) is 6.42 Å². The Morgan fingerprint density at radius 2 is 2.25 bits per heavy atom. The summed E-state index contributed by atoms with van der Waals surface area (Å²) >= 11 is 0. The van der Waals surface area contributed by atoms with E-state index in [1.807, 2.05) is 0 Å². The highest BCUT2D eigenvalue weighted by Crippen LogP contribution is 2.27. The molecule has 1 fully saturated rings. The third kappa shape index (κ3) is 2.38. The maximum Gasteiger partial charge on any atom is 0.0399 e. The van der Waals surface area contributed by atoms with Gasteiger partial charge in [0.1, 0.15) is 0 Å². The van der Waals surface area contributed by atoms with Crippen molar-refractivity contribution in [1.82, 2.24) is 0 Å². The lowest BCUT2D eigenvalue weighted by molar-refractivity contribution is 0.659. The molecule has 2 heteroatoms. The van der Waals surface area contributed by atoms with Crippen molar-refractivity contribution in [3.05, 3.63) is 29.3 Å². The van der Waals surface area contributed by atoms with E-state index in [4.69, 9.17) is 5.73 Å². The van der Waals surface area contributed by atoms with Crippen molar-refractivity contribution in [3.8, 4) is 0 Å². The van der Waals surface area contributed by atoms with E-state index in [0.717, 1.165) is 18.9 Å². The minimum Gasteiger partial charge on any atom is -0.371 e. The summed E-state index contributed by atoms with van der Waals surface area (Å²) in [4.78, 5) is 2.51. The highest BCUT2D eigenvalue weighted by atomic mass is 15.1. The Balaban J connectivity index is 2.25. The average Bonchev–Trinajstić information content (AvgIpc) is 2.65. The number of benzene rings is 1.